The van der Waals surface area contributed by atoms with Crippen molar-refractivity contribution < 1.29 is 14.1 Å². The van der Waals surface area contributed by atoms with Gasteiger partial charge >= 0.3 is 5.69 Å². The molecule has 0 bridgehead atoms. The Morgan fingerprint density at radius 1 is 1.32 bits per heavy atom. The van der Waals surface area contributed by atoms with Crippen LogP contribution in [0.15, 0.2) is 24.4 Å². The Morgan fingerprint density at radius 2 is 2.10 bits per heavy atom. The third-order valence-electron chi connectivity index (χ3n) is 6.03. The van der Waals surface area contributed by atoms with Crippen LogP contribution in [0.3, 0.4) is 0 Å². The van der Waals surface area contributed by atoms with Gasteiger partial charge in [-0.2, -0.15) is 5.10 Å². The first-order chi connectivity index (χ1) is 14.9. The monoisotopic (exact) mass is 451 g/mol. The molecule has 2 aliphatic rings. The Balaban J connectivity index is 1.41. The van der Waals surface area contributed by atoms with E-state index >= 15 is 0 Å². The van der Waals surface area contributed by atoms with Gasteiger partial charge in [0.1, 0.15) is 18.2 Å². The Bertz CT molecular complexity index is 905. The van der Waals surface area contributed by atoms with Crippen LogP contribution < -0.4 is 10.2 Å². The molecule has 8 nitrogen and oxygen atoms in total. The van der Waals surface area contributed by atoms with Crippen molar-refractivity contribution in [3.63, 3.8) is 0 Å². The van der Waals surface area contributed by atoms with Crippen LogP contribution in [0.5, 0.6) is 0 Å². The number of piperidine rings is 1. The highest BCUT2D eigenvalue weighted by Crippen LogP contribution is 2.32. The normalized spacial score (nSPS) is 21.3. The van der Waals surface area contributed by atoms with Gasteiger partial charge in [0.05, 0.1) is 21.7 Å². The summed E-state index contributed by atoms with van der Waals surface area (Å²) < 4.78 is 21.5. The smallest absolute Gasteiger partial charge is 0.311 e. The molecule has 4 rings (SSSR count). The number of nitrogens with zero attached hydrogens (tertiary/aromatic N) is 4. The Labute approximate surface area is 185 Å². The SMILES string of the molecule is CC(NC1CCN(c2c(F)cccc2Cl)CC1)c1nn(C2CCCCO2)cc1[N+](=O)[O-]. The van der Waals surface area contributed by atoms with Gasteiger partial charge in [-0.25, -0.2) is 9.07 Å². The van der Waals surface area contributed by atoms with Crippen molar-refractivity contribution in [3.8, 4) is 0 Å². The predicted octanol–water partition coefficient (Wildman–Crippen LogP) is 4.60. The third-order valence-corrected chi connectivity index (χ3v) is 6.34. The maximum atomic E-state index is 14.2. The second-order valence-electron chi connectivity index (χ2n) is 8.18. The minimum atomic E-state index is -0.386. The quantitative estimate of drug-likeness (QED) is 0.510. The fourth-order valence-electron chi connectivity index (χ4n) is 4.42. The van der Waals surface area contributed by atoms with E-state index < -0.39 is 0 Å². The van der Waals surface area contributed by atoms with Crippen molar-refractivity contribution in [1.82, 2.24) is 15.1 Å². The highest BCUT2D eigenvalue weighted by Gasteiger charge is 2.30. The Hall–Kier alpha value is -2.23. The molecule has 2 fully saturated rings. The van der Waals surface area contributed by atoms with Crippen molar-refractivity contribution in [3.05, 3.63) is 51.0 Å². The molecule has 2 saturated heterocycles. The molecule has 3 heterocycles. The number of halogens is 2. The van der Waals surface area contributed by atoms with Crippen molar-refractivity contribution in [2.45, 2.75) is 57.3 Å². The van der Waals surface area contributed by atoms with Crippen LogP contribution in [0, 0.1) is 15.9 Å². The van der Waals surface area contributed by atoms with Gasteiger partial charge in [0.25, 0.3) is 0 Å². The van der Waals surface area contributed by atoms with E-state index in [4.69, 9.17) is 16.3 Å². The van der Waals surface area contributed by atoms with E-state index in [2.05, 4.69) is 10.4 Å². The summed E-state index contributed by atoms with van der Waals surface area (Å²) in [5, 5.41) is 20.0. The maximum Gasteiger partial charge on any atom is 0.311 e. The molecule has 10 heteroatoms. The van der Waals surface area contributed by atoms with Gasteiger partial charge in [-0.15, -0.1) is 0 Å². The van der Waals surface area contributed by atoms with Gasteiger partial charge < -0.3 is 15.0 Å². The molecule has 0 saturated carbocycles. The van der Waals surface area contributed by atoms with Crippen LogP contribution in [-0.2, 0) is 4.74 Å². The molecule has 2 aliphatic heterocycles. The zero-order chi connectivity index (χ0) is 22.0. The summed E-state index contributed by atoms with van der Waals surface area (Å²) in [6.45, 7) is 3.84. The molecule has 0 amide bonds. The van der Waals surface area contributed by atoms with Crippen LogP contribution in [-0.4, -0.2) is 40.4 Å². The van der Waals surface area contributed by atoms with E-state index in [0.717, 1.165) is 32.1 Å². The number of rotatable bonds is 6. The molecular weight excluding hydrogens is 425 g/mol. The van der Waals surface area contributed by atoms with E-state index in [9.17, 15) is 14.5 Å². The summed E-state index contributed by atoms with van der Waals surface area (Å²) in [5.74, 6) is -0.321. The molecule has 2 atom stereocenters. The van der Waals surface area contributed by atoms with E-state index in [-0.39, 0.29) is 34.7 Å². The Morgan fingerprint density at radius 3 is 2.74 bits per heavy atom. The fraction of sp³-hybridized carbons (Fsp3) is 0.571. The van der Waals surface area contributed by atoms with Crippen LogP contribution >= 0.6 is 11.6 Å². The summed E-state index contributed by atoms with van der Waals surface area (Å²) in [6, 6.07) is 4.56. The number of aromatic nitrogens is 2. The number of ether oxygens (including phenoxy) is 1. The average molecular weight is 452 g/mol. The third kappa shape index (κ3) is 4.83. The fourth-order valence-corrected chi connectivity index (χ4v) is 4.70. The van der Waals surface area contributed by atoms with Gasteiger partial charge in [0, 0.05) is 25.7 Å². The lowest BCUT2D eigenvalue weighted by Crippen LogP contribution is -2.43. The number of para-hydroxylation sites is 1. The lowest BCUT2D eigenvalue weighted by Gasteiger charge is -2.35. The van der Waals surface area contributed by atoms with Gasteiger partial charge in [0.2, 0.25) is 0 Å². The number of hydrogen-bond acceptors (Lipinski definition) is 6. The molecule has 2 unspecified atom stereocenters. The zero-order valence-corrected chi connectivity index (χ0v) is 18.2. The topological polar surface area (TPSA) is 85.5 Å². The first-order valence-electron chi connectivity index (χ1n) is 10.7. The second-order valence-corrected chi connectivity index (χ2v) is 8.59. The van der Waals surface area contributed by atoms with Gasteiger partial charge in [-0.05, 0) is 51.2 Å². The molecule has 1 N–H and O–H groups in total. The van der Waals surface area contributed by atoms with Crippen LogP contribution in [0.2, 0.25) is 5.02 Å². The van der Waals surface area contributed by atoms with Crippen LogP contribution in [0.25, 0.3) is 0 Å². The summed E-state index contributed by atoms with van der Waals surface area (Å²) in [6.07, 6.45) is 5.60. The molecule has 0 radical (unpaired) electrons. The lowest BCUT2D eigenvalue weighted by atomic mass is 10.0. The molecule has 1 aromatic heterocycles. The minimum absolute atomic E-state index is 0.00440. The highest BCUT2D eigenvalue weighted by molar-refractivity contribution is 6.33. The standard InChI is InChI=1S/C21H27ClFN5O3/c1-14(20-18(28(29)30)13-27(25-20)19-7-2-3-12-31-19)24-15-8-10-26(11-9-15)21-16(22)5-4-6-17(21)23/h4-6,13-15,19,24H,2-3,7-12H2,1H3. The zero-order valence-electron chi connectivity index (χ0n) is 17.5. The van der Waals surface area contributed by atoms with E-state index in [0.29, 0.717) is 36.1 Å². The summed E-state index contributed by atoms with van der Waals surface area (Å²) in [7, 11) is 0. The highest BCUT2D eigenvalue weighted by atomic mass is 35.5. The Kier molecular flexibility index (Phi) is 6.74. The number of anilines is 1. The molecule has 0 spiro atoms. The van der Waals surface area contributed by atoms with E-state index in [1.807, 2.05) is 11.8 Å². The van der Waals surface area contributed by atoms with Gasteiger partial charge in [0.15, 0.2) is 5.69 Å². The van der Waals surface area contributed by atoms with E-state index in [1.165, 1.54) is 12.3 Å². The molecule has 2 aromatic rings. The molecule has 31 heavy (non-hydrogen) atoms. The summed E-state index contributed by atoms with van der Waals surface area (Å²) >= 11 is 6.20. The van der Waals surface area contributed by atoms with Crippen molar-refractivity contribution in [2.75, 3.05) is 24.6 Å². The largest absolute Gasteiger partial charge is 0.368 e. The first-order valence-corrected chi connectivity index (χ1v) is 11.1. The van der Waals surface area contributed by atoms with Crippen molar-refractivity contribution in [1.29, 1.82) is 0 Å². The molecule has 168 valence electrons. The van der Waals surface area contributed by atoms with Crippen LogP contribution in [0.4, 0.5) is 15.8 Å². The van der Waals surface area contributed by atoms with Gasteiger partial charge in [-0.1, -0.05) is 17.7 Å². The second kappa shape index (κ2) is 9.50. The minimum Gasteiger partial charge on any atom is -0.368 e. The van der Waals surface area contributed by atoms with Crippen molar-refractivity contribution >= 4 is 23.0 Å². The molecule has 0 aliphatic carbocycles. The lowest BCUT2D eigenvalue weighted by molar-refractivity contribution is -0.385. The average Bonchev–Trinajstić information content (AvgIpc) is 3.22. The van der Waals surface area contributed by atoms with E-state index in [1.54, 1.807) is 16.8 Å². The number of benzene rings is 1. The van der Waals surface area contributed by atoms with Crippen LogP contribution in [0.1, 0.15) is 57.0 Å². The molecule has 1 aromatic carbocycles. The number of nitrogens with one attached hydrogen (secondary N) is 1. The maximum absolute atomic E-state index is 14.2. The van der Waals surface area contributed by atoms with Gasteiger partial charge in [-0.3, -0.25) is 10.1 Å². The first kappa shape index (κ1) is 22.0. The summed E-state index contributed by atoms with van der Waals surface area (Å²) in [5.41, 5.74) is 0.862. The number of hydrogen-bond donors (Lipinski definition) is 1. The van der Waals surface area contributed by atoms with Crippen molar-refractivity contribution in [2.24, 2.45) is 0 Å². The summed E-state index contributed by atoms with van der Waals surface area (Å²) in [4.78, 5) is 13.2. The molecular formula is C21H27ClFN5O3. The predicted molar refractivity (Wildman–Crippen MR) is 116 cm³/mol. The number of nitro groups is 1.